The Bertz CT molecular complexity index is 344. The number of unbranched alkanes of at least 4 members (excludes halogenated alkanes) is 12. The third kappa shape index (κ3) is 53.9. The maximum atomic E-state index is 10.1. The molecule has 0 bridgehead atoms. The van der Waals surface area contributed by atoms with Crippen molar-refractivity contribution in [2.45, 2.75) is 117 Å². The Morgan fingerprint density at radius 2 is 0.613 bits per heavy atom. The van der Waals surface area contributed by atoms with E-state index in [9.17, 15) is 28.4 Å². The maximum Gasteiger partial charge on any atom is 3.00 e. The monoisotopic (exact) mass is 545 g/mol. The summed E-state index contributed by atoms with van der Waals surface area (Å²) in [6, 6.07) is 0. The van der Waals surface area contributed by atoms with Gasteiger partial charge in [0.25, 0.3) is 0 Å². The molecule has 0 N–H and O–H groups in total. The molecule has 3 atom stereocenters. The number of rotatable bonds is 18. The van der Waals surface area contributed by atoms with E-state index in [0.717, 1.165) is 38.5 Å². The summed E-state index contributed by atoms with van der Waals surface area (Å²) in [6.45, 7) is 6.45. The second-order valence-electron chi connectivity index (χ2n) is 7.61. The Balaban J connectivity index is -0.000000174. The molecule has 0 aliphatic carbocycles. The normalized spacial score (nSPS) is 13.0. The first-order valence-electron chi connectivity index (χ1n) is 11.9. The van der Waals surface area contributed by atoms with Gasteiger partial charge < -0.3 is 28.4 Å². The summed E-state index contributed by atoms with van der Waals surface area (Å²) < 4.78 is 30.3. The first-order valence-corrected chi connectivity index (χ1v) is 16.5. The van der Waals surface area contributed by atoms with Crippen LogP contribution in [0.3, 0.4) is 0 Å². The van der Waals surface area contributed by atoms with Gasteiger partial charge in [0.2, 0.25) is 0 Å². The van der Waals surface area contributed by atoms with Crippen molar-refractivity contribution in [2.24, 2.45) is 0 Å². The van der Waals surface area contributed by atoms with Gasteiger partial charge in [-0.1, -0.05) is 97.8 Å². The fraction of sp³-hybridized carbons (Fsp3) is 1.00. The van der Waals surface area contributed by atoms with Gasteiger partial charge in [-0.15, -0.1) is 0 Å². The van der Waals surface area contributed by atoms with Gasteiger partial charge in [0.15, 0.2) is 0 Å². The minimum Gasteiger partial charge on any atom is -0.802 e. The topological polar surface area (TPSA) is 120 Å². The van der Waals surface area contributed by atoms with E-state index < -0.39 is 24.1 Å². The Kier molecular flexibility index (Phi) is 45.2. The van der Waals surface area contributed by atoms with Crippen LogP contribution in [0, 0.1) is 0 Å². The van der Waals surface area contributed by atoms with E-state index in [0.29, 0.717) is 18.5 Å². The van der Waals surface area contributed by atoms with E-state index in [1.54, 1.807) is 0 Å². The van der Waals surface area contributed by atoms with Crippen LogP contribution >= 0.6 is 24.1 Å². The SMILES string of the molecule is CCCCCCC[PH](=O)[O-].CCCCCCC[PH](=O)[O-].CCCCCCC[PH](=O)[O-].[Fe+3]. The van der Waals surface area contributed by atoms with Crippen LogP contribution in [-0.4, -0.2) is 18.5 Å². The van der Waals surface area contributed by atoms with Crippen molar-refractivity contribution in [3.63, 3.8) is 0 Å². The molecular weight excluding hydrogens is 497 g/mol. The smallest absolute Gasteiger partial charge is 0.802 e. The first-order chi connectivity index (χ1) is 14.3. The summed E-state index contributed by atoms with van der Waals surface area (Å²) in [4.78, 5) is 30.3. The van der Waals surface area contributed by atoms with Crippen LogP contribution in [0.2, 0.25) is 0 Å². The van der Waals surface area contributed by atoms with Gasteiger partial charge in [-0.3, -0.25) is 0 Å². The summed E-state index contributed by atoms with van der Waals surface area (Å²) in [5, 5.41) is 0. The standard InChI is InChI=1S/3C7H17O2P.Fe/c3*1-2-3-4-5-6-7-10(8)9;/h3*10H,2-7H2,1H3,(H,8,9);/q;;;+3/p-3. The fourth-order valence-corrected chi connectivity index (χ4v) is 4.23. The molecule has 0 heterocycles. The second kappa shape index (κ2) is 35.7. The van der Waals surface area contributed by atoms with Gasteiger partial charge in [0, 0.05) is 24.1 Å². The average molecular weight is 545 g/mol. The Hall–Kier alpha value is 1.09. The van der Waals surface area contributed by atoms with E-state index in [4.69, 9.17) is 0 Å². The molecule has 0 saturated carbocycles. The summed E-state index contributed by atoms with van der Waals surface area (Å²) >= 11 is 0. The first kappa shape index (κ1) is 39.3. The zero-order valence-electron chi connectivity index (χ0n) is 20.0. The molecule has 10 heteroatoms. The molecule has 0 aliphatic rings. The third-order valence-corrected chi connectivity index (χ3v) is 6.74. The van der Waals surface area contributed by atoms with Gasteiger partial charge in [0.05, 0.1) is 0 Å². The van der Waals surface area contributed by atoms with Gasteiger partial charge in [-0.2, -0.15) is 0 Å². The van der Waals surface area contributed by atoms with Crippen LogP contribution in [0.4, 0.5) is 0 Å². The predicted molar refractivity (Wildman–Crippen MR) is 128 cm³/mol. The molecule has 0 saturated heterocycles. The van der Waals surface area contributed by atoms with Crippen LogP contribution in [0.1, 0.15) is 117 Å². The van der Waals surface area contributed by atoms with Gasteiger partial charge in [-0.25, -0.2) is 0 Å². The van der Waals surface area contributed by atoms with Crippen LogP contribution < -0.4 is 14.7 Å². The molecule has 3 unspecified atom stereocenters. The van der Waals surface area contributed by atoms with E-state index in [1.807, 2.05) is 0 Å². The maximum absolute atomic E-state index is 10.1. The van der Waals surface area contributed by atoms with Crippen LogP contribution in [0.25, 0.3) is 0 Å². The molecule has 0 aromatic heterocycles. The molecule has 0 aromatic carbocycles. The summed E-state index contributed by atoms with van der Waals surface area (Å²) in [5.41, 5.74) is 0. The quantitative estimate of drug-likeness (QED) is 0.130. The molecule has 6 nitrogen and oxygen atoms in total. The van der Waals surface area contributed by atoms with Gasteiger partial charge in [-0.05, 0) is 37.7 Å². The van der Waals surface area contributed by atoms with E-state index in [-0.39, 0.29) is 17.1 Å². The van der Waals surface area contributed by atoms with Gasteiger partial charge in [0.1, 0.15) is 0 Å². The molecule has 1 radical (unpaired) electrons. The van der Waals surface area contributed by atoms with Crippen molar-refractivity contribution in [3.05, 3.63) is 0 Å². The molecule has 0 aromatic rings. The summed E-state index contributed by atoms with van der Waals surface area (Å²) in [5.74, 6) is 0. The van der Waals surface area contributed by atoms with Crippen molar-refractivity contribution in [1.82, 2.24) is 0 Å². The van der Waals surface area contributed by atoms with Crippen molar-refractivity contribution < 1.29 is 45.4 Å². The molecular formula is C21H48FeO6P3. The van der Waals surface area contributed by atoms with Crippen LogP contribution in [0.5, 0.6) is 0 Å². The van der Waals surface area contributed by atoms with E-state index in [1.165, 1.54) is 57.8 Å². The number of hydrogen-bond acceptors (Lipinski definition) is 6. The largest absolute Gasteiger partial charge is 3.00 e. The van der Waals surface area contributed by atoms with Crippen LogP contribution in [0.15, 0.2) is 0 Å². The van der Waals surface area contributed by atoms with Crippen molar-refractivity contribution in [3.8, 4) is 0 Å². The molecule has 0 amide bonds. The fourth-order valence-electron chi connectivity index (χ4n) is 2.62. The van der Waals surface area contributed by atoms with Crippen molar-refractivity contribution in [2.75, 3.05) is 18.5 Å². The zero-order chi connectivity index (χ0) is 23.5. The van der Waals surface area contributed by atoms with E-state index >= 15 is 0 Å². The Morgan fingerprint density at radius 1 is 0.419 bits per heavy atom. The molecule has 0 fully saturated rings. The molecule has 31 heavy (non-hydrogen) atoms. The minimum absolute atomic E-state index is 0. The number of hydrogen-bond donors (Lipinski definition) is 0. The summed E-state index contributed by atoms with van der Waals surface area (Å²) in [7, 11) is -7.27. The molecule has 0 rings (SSSR count). The zero-order valence-corrected chi connectivity index (χ0v) is 24.1. The van der Waals surface area contributed by atoms with Crippen molar-refractivity contribution in [1.29, 1.82) is 0 Å². The Morgan fingerprint density at radius 3 is 0.774 bits per heavy atom. The van der Waals surface area contributed by atoms with Crippen molar-refractivity contribution >= 4 is 24.1 Å². The van der Waals surface area contributed by atoms with Gasteiger partial charge >= 0.3 is 17.1 Å². The van der Waals surface area contributed by atoms with Crippen LogP contribution in [-0.2, 0) is 30.8 Å². The average Bonchev–Trinajstić information content (AvgIpc) is 2.68. The summed E-state index contributed by atoms with van der Waals surface area (Å²) in [6.07, 6.45) is 18.0. The minimum atomic E-state index is -2.42. The Labute approximate surface area is 204 Å². The predicted octanol–water partition coefficient (Wildman–Crippen LogP) is 5.37. The molecule has 0 aliphatic heterocycles. The van der Waals surface area contributed by atoms with E-state index in [2.05, 4.69) is 20.8 Å². The third-order valence-electron chi connectivity index (χ3n) is 4.45. The molecule has 191 valence electrons. The molecule has 0 spiro atoms. The second-order valence-corrected chi connectivity index (χ2v) is 11.3.